The summed E-state index contributed by atoms with van der Waals surface area (Å²) in [5, 5.41) is -1.30. The van der Waals surface area contributed by atoms with E-state index in [-0.39, 0.29) is 10.6 Å². The molecule has 66 valence electrons. The van der Waals surface area contributed by atoms with Gasteiger partial charge in [0.15, 0.2) is 0 Å². The average Bonchev–Trinajstić information content (AvgIpc) is 2.00. The first-order chi connectivity index (χ1) is 5.54. The van der Waals surface area contributed by atoms with E-state index in [4.69, 9.17) is 11.6 Å². The number of nitrogens with zero attached hydrogens (tertiary/aromatic N) is 1. The van der Waals surface area contributed by atoms with Gasteiger partial charge in [0.25, 0.3) is 0 Å². The Labute approximate surface area is 72.2 Å². The summed E-state index contributed by atoms with van der Waals surface area (Å²) in [4.78, 5) is 0. The van der Waals surface area contributed by atoms with Crippen LogP contribution in [0.2, 0.25) is 5.02 Å². The fourth-order valence-electron chi connectivity index (χ4n) is 0.825. The number of hydrogen-bond donors (Lipinski definition) is 0. The van der Waals surface area contributed by atoms with Crippen LogP contribution in [0.5, 0.6) is 0 Å². The molecule has 0 N–H and O–H groups in total. The molecule has 5 heteroatoms. The second-order valence-electron chi connectivity index (χ2n) is 2.24. The monoisotopic (exact) mass is 195 g/mol. The molecule has 0 unspecified atom stereocenters. The number of anilines is 1. The van der Waals surface area contributed by atoms with E-state index in [0.29, 0.717) is 0 Å². The zero-order valence-corrected chi connectivity index (χ0v) is 6.87. The van der Waals surface area contributed by atoms with E-state index < -0.39 is 16.8 Å². The first-order valence-corrected chi connectivity index (χ1v) is 3.48. The van der Waals surface area contributed by atoms with Crippen LogP contribution in [0.4, 0.5) is 19.0 Å². The quantitative estimate of drug-likeness (QED) is 0.621. The molecule has 1 nitrogen and oxygen atoms in total. The molecule has 1 aromatic carbocycles. The molecule has 0 heterocycles. The molecule has 0 aliphatic rings. The standard InChI is InChI=1S/C7H5ClF3N/c1-4-6(12(10)11)3-2-5(8)7(4)9/h2-3H,1H3. The summed E-state index contributed by atoms with van der Waals surface area (Å²) in [5.74, 6) is -0.811. The van der Waals surface area contributed by atoms with Gasteiger partial charge in [-0.1, -0.05) is 20.6 Å². The molecule has 0 radical (unpaired) electrons. The summed E-state index contributed by atoms with van der Waals surface area (Å²) in [7, 11) is 0. The van der Waals surface area contributed by atoms with Crippen molar-refractivity contribution in [1.29, 1.82) is 0 Å². The summed E-state index contributed by atoms with van der Waals surface area (Å²) in [6, 6.07) is 2.14. The molecule has 0 atom stereocenters. The van der Waals surface area contributed by atoms with E-state index in [2.05, 4.69) is 0 Å². The fraction of sp³-hybridized carbons (Fsp3) is 0.143. The van der Waals surface area contributed by atoms with Gasteiger partial charge in [-0.25, -0.2) is 4.39 Å². The van der Waals surface area contributed by atoms with Crippen molar-refractivity contribution in [3.8, 4) is 0 Å². The molecule has 0 saturated heterocycles. The van der Waals surface area contributed by atoms with Gasteiger partial charge in [0.05, 0.1) is 5.02 Å². The predicted molar refractivity (Wildman–Crippen MR) is 40.8 cm³/mol. The van der Waals surface area contributed by atoms with E-state index in [1.807, 2.05) is 0 Å². The van der Waals surface area contributed by atoms with E-state index in [0.717, 1.165) is 12.1 Å². The van der Waals surface area contributed by atoms with Gasteiger partial charge in [0, 0.05) is 5.56 Å². The Balaban J connectivity index is 3.27. The first-order valence-electron chi connectivity index (χ1n) is 3.10. The molecule has 1 rings (SSSR count). The summed E-state index contributed by atoms with van der Waals surface area (Å²) < 4.78 is 36.8. The molecule has 0 saturated carbocycles. The normalized spacial score (nSPS) is 10.1. The molecule has 0 bridgehead atoms. The van der Waals surface area contributed by atoms with Gasteiger partial charge in [0.1, 0.15) is 11.5 Å². The smallest absolute Gasteiger partial charge is 0.146 e. The Bertz CT molecular complexity index is 301. The van der Waals surface area contributed by atoms with Crippen LogP contribution in [0.1, 0.15) is 5.56 Å². The molecule has 0 fully saturated rings. The van der Waals surface area contributed by atoms with Crippen LogP contribution in [0.25, 0.3) is 0 Å². The number of benzene rings is 1. The van der Waals surface area contributed by atoms with Crippen LogP contribution < -0.4 is 5.34 Å². The van der Waals surface area contributed by atoms with Crippen molar-refractivity contribution in [1.82, 2.24) is 0 Å². The number of rotatable bonds is 1. The fourth-order valence-corrected chi connectivity index (χ4v) is 1.03. The van der Waals surface area contributed by atoms with Crippen molar-refractivity contribution in [3.63, 3.8) is 0 Å². The summed E-state index contributed by atoms with van der Waals surface area (Å²) >= 11 is 5.35. The van der Waals surface area contributed by atoms with E-state index in [1.165, 1.54) is 6.92 Å². The predicted octanol–water partition coefficient (Wildman–Crippen LogP) is 3.36. The summed E-state index contributed by atoms with van der Waals surface area (Å²) in [5.41, 5.74) is -0.635. The molecule has 0 aliphatic carbocycles. The maximum atomic E-state index is 12.9. The van der Waals surface area contributed by atoms with Crippen LogP contribution in [0.3, 0.4) is 0 Å². The van der Waals surface area contributed by atoms with Crippen molar-refractivity contribution in [2.45, 2.75) is 6.92 Å². The van der Waals surface area contributed by atoms with Crippen molar-refractivity contribution in [2.24, 2.45) is 0 Å². The molecular weight excluding hydrogens is 191 g/mol. The van der Waals surface area contributed by atoms with Crippen molar-refractivity contribution in [3.05, 3.63) is 28.5 Å². The van der Waals surface area contributed by atoms with Gasteiger partial charge in [0.2, 0.25) is 0 Å². The van der Waals surface area contributed by atoms with Crippen molar-refractivity contribution < 1.29 is 13.4 Å². The average molecular weight is 196 g/mol. The molecule has 0 aromatic heterocycles. The van der Waals surface area contributed by atoms with E-state index in [9.17, 15) is 13.4 Å². The highest BCUT2D eigenvalue weighted by Gasteiger charge is 2.13. The van der Waals surface area contributed by atoms with Gasteiger partial charge in [-0.2, -0.15) is 0 Å². The van der Waals surface area contributed by atoms with Gasteiger partial charge < -0.3 is 0 Å². The third kappa shape index (κ3) is 1.48. The highest BCUT2D eigenvalue weighted by molar-refractivity contribution is 6.30. The van der Waals surface area contributed by atoms with Gasteiger partial charge in [-0.05, 0) is 24.4 Å². The Morgan fingerprint density at radius 2 is 1.92 bits per heavy atom. The zero-order valence-electron chi connectivity index (χ0n) is 6.11. The lowest BCUT2D eigenvalue weighted by atomic mass is 10.2. The van der Waals surface area contributed by atoms with Crippen LogP contribution in [0.15, 0.2) is 12.1 Å². The maximum Gasteiger partial charge on any atom is 0.146 e. The van der Waals surface area contributed by atoms with Crippen LogP contribution in [-0.4, -0.2) is 0 Å². The van der Waals surface area contributed by atoms with E-state index >= 15 is 0 Å². The van der Waals surface area contributed by atoms with Gasteiger partial charge >= 0.3 is 0 Å². The van der Waals surface area contributed by atoms with Crippen molar-refractivity contribution >= 4 is 17.3 Å². The van der Waals surface area contributed by atoms with Crippen molar-refractivity contribution in [2.75, 3.05) is 5.34 Å². The number of halogens is 4. The highest BCUT2D eigenvalue weighted by atomic mass is 35.5. The Hall–Kier alpha value is -0.900. The first kappa shape index (κ1) is 9.19. The van der Waals surface area contributed by atoms with E-state index in [1.54, 1.807) is 0 Å². The minimum absolute atomic E-state index is 0.155. The second kappa shape index (κ2) is 3.23. The minimum Gasteiger partial charge on any atom is -0.205 e. The zero-order chi connectivity index (χ0) is 9.30. The third-order valence-corrected chi connectivity index (χ3v) is 1.78. The highest BCUT2D eigenvalue weighted by Crippen LogP contribution is 2.27. The lowest BCUT2D eigenvalue weighted by Crippen LogP contribution is -2.00. The molecule has 12 heavy (non-hydrogen) atoms. The van der Waals surface area contributed by atoms with Gasteiger partial charge in [-0.15, -0.1) is 0 Å². The largest absolute Gasteiger partial charge is 0.205 e. The Morgan fingerprint density at radius 1 is 1.33 bits per heavy atom. The van der Waals surface area contributed by atoms with Crippen LogP contribution in [-0.2, 0) is 0 Å². The Morgan fingerprint density at radius 3 is 2.42 bits per heavy atom. The summed E-state index contributed by atoms with van der Waals surface area (Å²) in [6.45, 7) is 1.24. The molecular formula is C7H5ClF3N. The lowest BCUT2D eigenvalue weighted by molar-refractivity contribution is 0.234. The number of hydrogen-bond acceptors (Lipinski definition) is 1. The second-order valence-corrected chi connectivity index (χ2v) is 2.65. The molecule has 0 spiro atoms. The van der Waals surface area contributed by atoms with Gasteiger partial charge in [-0.3, -0.25) is 0 Å². The summed E-state index contributed by atoms with van der Waals surface area (Å²) in [6.07, 6.45) is 0. The van der Waals surface area contributed by atoms with Crippen LogP contribution in [0, 0.1) is 12.7 Å². The SMILES string of the molecule is Cc1c(N(F)F)ccc(Cl)c1F. The molecule has 0 amide bonds. The molecule has 1 aromatic rings. The lowest BCUT2D eigenvalue weighted by Gasteiger charge is -2.07. The third-order valence-electron chi connectivity index (χ3n) is 1.49. The topological polar surface area (TPSA) is 3.24 Å². The molecule has 0 aliphatic heterocycles. The Kier molecular flexibility index (Phi) is 2.47. The minimum atomic E-state index is -1.14. The maximum absolute atomic E-state index is 12.9. The van der Waals surface area contributed by atoms with Crippen LogP contribution >= 0.6 is 11.6 Å².